The van der Waals surface area contributed by atoms with Crippen molar-refractivity contribution in [2.75, 3.05) is 26.3 Å². The average molecular weight is 287 g/mol. The first-order valence-electron chi connectivity index (χ1n) is 7.44. The molecule has 0 radical (unpaired) electrons. The highest BCUT2D eigenvalue weighted by Crippen LogP contribution is 2.03. The van der Waals surface area contributed by atoms with E-state index in [-0.39, 0.29) is 12.1 Å². The van der Waals surface area contributed by atoms with Crippen molar-refractivity contribution in [3.05, 3.63) is 0 Å². The molecule has 0 heterocycles. The third-order valence-corrected chi connectivity index (χ3v) is 2.57. The van der Waals surface area contributed by atoms with Crippen LogP contribution in [0.2, 0.25) is 0 Å². The van der Waals surface area contributed by atoms with Gasteiger partial charge in [0.25, 0.3) is 0 Å². The first-order chi connectivity index (χ1) is 9.36. The molecule has 0 spiro atoms. The average Bonchev–Trinajstić information content (AvgIpc) is 2.38. The summed E-state index contributed by atoms with van der Waals surface area (Å²) in [4.78, 5) is 24.8. The third-order valence-electron chi connectivity index (χ3n) is 2.57. The number of ether oxygens (including phenoxy) is 2. The Kier molecular flexibility index (Phi) is 9.86. The molecule has 5 nitrogen and oxygen atoms in total. The van der Waals surface area contributed by atoms with Crippen molar-refractivity contribution in [1.82, 2.24) is 4.90 Å². The summed E-state index contributed by atoms with van der Waals surface area (Å²) in [6, 6.07) is 0. The van der Waals surface area contributed by atoms with Crippen molar-refractivity contribution in [2.24, 2.45) is 11.8 Å². The number of hydrogen-bond acceptors (Lipinski definition) is 4. The summed E-state index contributed by atoms with van der Waals surface area (Å²) >= 11 is 0. The van der Waals surface area contributed by atoms with E-state index in [1.807, 2.05) is 34.6 Å². The van der Waals surface area contributed by atoms with Crippen LogP contribution in [0.15, 0.2) is 0 Å². The van der Waals surface area contributed by atoms with Gasteiger partial charge in [0.2, 0.25) is 0 Å². The van der Waals surface area contributed by atoms with Gasteiger partial charge in [0.15, 0.2) is 0 Å². The van der Waals surface area contributed by atoms with E-state index in [2.05, 4.69) is 0 Å². The van der Waals surface area contributed by atoms with Gasteiger partial charge in [0, 0.05) is 19.5 Å². The van der Waals surface area contributed by atoms with Crippen molar-refractivity contribution in [3.63, 3.8) is 0 Å². The minimum atomic E-state index is -0.309. The molecule has 0 aromatic carbocycles. The molecule has 0 N–H and O–H groups in total. The van der Waals surface area contributed by atoms with Gasteiger partial charge in [0.1, 0.15) is 0 Å². The summed E-state index contributed by atoms with van der Waals surface area (Å²) in [7, 11) is 0. The predicted molar refractivity (Wildman–Crippen MR) is 78.5 cm³/mol. The normalized spacial score (nSPS) is 10.8. The Morgan fingerprint density at radius 1 is 1.00 bits per heavy atom. The van der Waals surface area contributed by atoms with Crippen molar-refractivity contribution >= 4 is 12.1 Å². The van der Waals surface area contributed by atoms with E-state index < -0.39 is 0 Å². The van der Waals surface area contributed by atoms with Crippen LogP contribution in [0, 0.1) is 11.8 Å². The Balaban J connectivity index is 3.89. The molecule has 0 fully saturated rings. The van der Waals surface area contributed by atoms with Crippen LogP contribution in [0.3, 0.4) is 0 Å². The lowest BCUT2D eigenvalue weighted by molar-refractivity contribution is -0.144. The summed E-state index contributed by atoms with van der Waals surface area (Å²) in [5.41, 5.74) is 0. The van der Waals surface area contributed by atoms with Crippen LogP contribution in [-0.2, 0) is 14.3 Å². The SMILES string of the molecule is CCN(CCCC(=O)OCC(C)C)C(=O)OCC(C)C. The van der Waals surface area contributed by atoms with Crippen LogP contribution >= 0.6 is 0 Å². The molecule has 20 heavy (non-hydrogen) atoms. The summed E-state index contributed by atoms with van der Waals surface area (Å²) < 4.78 is 10.2. The second kappa shape index (κ2) is 10.5. The van der Waals surface area contributed by atoms with Gasteiger partial charge in [-0.25, -0.2) is 4.79 Å². The first kappa shape index (κ1) is 18.7. The van der Waals surface area contributed by atoms with Crippen LogP contribution in [0.5, 0.6) is 0 Å². The topological polar surface area (TPSA) is 55.8 Å². The highest BCUT2D eigenvalue weighted by molar-refractivity contribution is 5.70. The minimum Gasteiger partial charge on any atom is -0.465 e. The molecule has 5 heteroatoms. The van der Waals surface area contributed by atoms with Gasteiger partial charge in [-0.15, -0.1) is 0 Å². The Morgan fingerprint density at radius 2 is 1.55 bits per heavy atom. The van der Waals surface area contributed by atoms with E-state index in [9.17, 15) is 9.59 Å². The summed E-state index contributed by atoms with van der Waals surface area (Å²) in [5, 5.41) is 0. The van der Waals surface area contributed by atoms with E-state index in [0.29, 0.717) is 51.0 Å². The number of nitrogens with zero attached hydrogens (tertiary/aromatic N) is 1. The van der Waals surface area contributed by atoms with Crippen molar-refractivity contribution < 1.29 is 19.1 Å². The molecule has 1 amide bonds. The molecular formula is C15H29NO4. The fourth-order valence-corrected chi connectivity index (χ4v) is 1.45. The van der Waals surface area contributed by atoms with Gasteiger partial charge in [-0.1, -0.05) is 27.7 Å². The lowest BCUT2D eigenvalue weighted by Gasteiger charge is -2.20. The summed E-state index contributed by atoms with van der Waals surface area (Å²) in [5.74, 6) is 0.464. The minimum absolute atomic E-state index is 0.203. The maximum absolute atomic E-state index is 11.8. The number of hydrogen-bond donors (Lipinski definition) is 0. The molecular weight excluding hydrogens is 258 g/mol. The molecule has 0 saturated carbocycles. The number of rotatable bonds is 9. The smallest absolute Gasteiger partial charge is 0.409 e. The lowest BCUT2D eigenvalue weighted by Crippen LogP contribution is -2.33. The van der Waals surface area contributed by atoms with Crippen LogP contribution in [-0.4, -0.2) is 43.3 Å². The molecule has 0 saturated heterocycles. The van der Waals surface area contributed by atoms with Gasteiger partial charge < -0.3 is 14.4 Å². The predicted octanol–water partition coefficient (Wildman–Crippen LogP) is 3.08. The van der Waals surface area contributed by atoms with E-state index in [1.165, 1.54) is 0 Å². The van der Waals surface area contributed by atoms with Gasteiger partial charge in [0.05, 0.1) is 13.2 Å². The van der Waals surface area contributed by atoms with E-state index in [4.69, 9.17) is 9.47 Å². The van der Waals surface area contributed by atoms with Crippen LogP contribution in [0.4, 0.5) is 4.79 Å². The van der Waals surface area contributed by atoms with Crippen molar-refractivity contribution in [3.8, 4) is 0 Å². The largest absolute Gasteiger partial charge is 0.465 e. The third kappa shape index (κ3) is 9.64. The van der Waals surface area contributed by atoms with Crippen molar-refractivity contribution in [2.45, 2.75) is 47.5 Å². The standard InChI is InChI=1S/C15H29NO4/c1-6-16(15(18)20-11-13(4)5)9-7-8-14(17)19-10-12(2)3/h12-13H,6-11H2,1-5H3. The zero-order valence-electron chi connectivity index (χ0n) is 13.5. The maximum atomic E-state index is 11.8. The first-order valence-corrected chi connectivity index (χ1v) is 7.44. The van der Waals surface area contributed by atoms with Crippen LogP contribution in [0.1, 0.15) is 47.5 Å². The second-order valence-corrected chi connectivity index (χ2v) is 5.73. The van der Waals surface area contributed by atoms with Gasteiger partial charge in [-0.05, 0) is 25.2 Å². The molecule has 0 bridgehead atoms. The van der Waals surface area contributed by atoms with E-state index >= 15 is 0 Å². The fourth-order valence-electron chi connectivity index (χ4n) is 1.45. The van der Waals surface area contributed by atoms with Crippen LogP contribution < -0.4 is 0 Å². The van der Waals surface area contributed by atoms with Gasteiger partial charge in [-0.3, -0.25) is 4.79 Å². The van der Waals surface area contributed by atoms with E-state index in [1.54, 1.807) is 4.90 Å². The number of carbonyl (C=O) groups is 2. The number of amides is 1. The molecule has 0 aliphatic heterocycles. The van der Waals surface area contributed by atoms with Crippen LogP contribution in [0.25, 0.3) is 0 Å². The zero-order valence-corrected chi connectivity index (χ0v) is 13.5. The Bertz CT molecular complexity index is 290. The molecule has 0 aliphatic rings. The molecule has 0 atom stereocenters. The molecule has 118 valence electrons. The summed E-state index contributed by atoms with van der Waals surface area (Å²) in [6.45, 7) is 11.9. The molecule has 0 aromatic heterocycles. The van der Waals surface area contributed by atoms with E-state index in [0.717, 1.165) is 0 Å². The highest BCUT2D eigenvalue weighted by Gasteiger charge is 2.14. The zero-order chi connectivity index (χ0) is 15.5. The van der Waals surface area contributed by atoms with Crippen molar-refractivity contribution in [1.29, 1.82) is 0 Å². The number of carbonyl (C=O) groups excluding carboxylic acids is 2. The summed E-state index contributed by atoms with van der Waals surface area (Å²) in [6.07, 6.45) is 0.624. The Morgan fingerprint density at radius 3 is 2.05 bits per heavy atom. The molecule has 0 aliphatic carbocycles. The maximum Gasteiger partial charge on any atom is 0.409 e. The quantitative estimate of drug-likeness (QED) is 0.611. The monoisotopic (exact) mass is 287 g/mol. The molecule has 0 aromatic rings. The highest BCUT2D eigenvalue weighted by atomic mass is 16.6. The molecule has 0 rings (SSSR count). The van der Waals surface area contributed by atoms with Gasteiger partial charge >= 0.3 is 12.1 Å². The molecule has 0 unspecified atom stereocenters. The van der Waals surface area contributed by atoms with Gasteiger partial charge in [-0.2, -0.15) is 0 Å². The Hall–Kier alpha value is -1.26. The number of esters is 1. The lowest BCUT2D eigenvalue weighted by atomic mass is 10.2. The second-order valence-electron chi connectivity index (χ2n) is 5.73. The fraction of sp³-hybridized carbons (Fsp3) is 0.867. The Labute approximate surface area is 122 Å².